The van der Waals surface area contributed by atoms with E-state index in [-0.39, 0.29) is 69.4 Å². The number of nitrogens with two attached hydrogens (primary N) is 1. The minimum Gasteiger partial charge on any atom is -0.346 e. The third kappa shape index (κ3) is 10.5. The fraction of sp³-hybridized carbons (Fsp3) is 0.489. The minimum absolute atomic E-state index is 0.0216. The summed E-state index contributed by atoms with van der Waals surface area (Å²) in [6.07, 6.45) is -9.06. The molecule has 396 valence electrons. The average molecular weight is 1100 g/mol. The van der Waals surface area contributed by atoms with Crippen LogP contribution in [0.2, 0.25) is 5.02 Å². The van der Waals surface area contributed by atoms with Crippen LogP contribution in [0.15, 0.2) is 42.5 Å². The highest BCUT2D eigenvalue weighted by Crippen LogP contribution is 2.68. The average Bonchev–Trinajstić information content (AvgIpc) is 3.47. The van der Waals surface area contributed by atoms with Gasteiger partial charge in [0.25, 0.3) is 5.92 Å². The zero-order valence-corrected chi connectivity index (χ0v) is 41.4. The highest BCUT2D eigenvalue weighted by Gasteiger charge is 2.68. The number of fused-ring (bicyclic) bond motifs is 4. The molecule has 3 aromatic heterocycles. The minimum atomic E-state index is -5.20. The SMILES string of the molecule is CC(C)(CCc1ccc(-c2ccc(Cl)c3c(N(C(=O)N4CCC[C@H]4CN)S(C)(=O)=O)nn(CC(F)(F)F)c23)c([C@H](Cc2cc(F)cc(F)c2)NC(=O)Cn2nc(C(F)(F)F)c3c2C(F)(F)C2C[C@H]32)n1)S(C)(=O)=O. The number of hydrogen-bond acceptors (Lipinski definition) is 10. The van der Waals surface area contributed by atoms with E-state index in [9.17, 15) is 61.5 Å². The number of urea groups is 1. The molecular formula is C45H46ClF10N9O6S2. The van der Waals surface area contributed by atoms with Gasteiger partial charge in [-0.1, -0.05) is 23.7 Å². The van der Waals surface area contributed by atoms with Crippen molar-refractivity contribution in [3.05, 3.63) is 93.0 Å². The second kappa shape index (κ2) is 18.7. The predicted octanol–water partition coefficient (Wildman–Crippen LogP) is 8.18. The van der Waals surface area contributed by atoms with Crippen molar-refractivity contribution in [2.45, 2.75) is 106 Å². The zero-order chi connectivity index (χ0) is 53.7. The monoisotopic (exact) mass is 1100 g/mol. The molecule has 4 heterocycles. The number of pyridine rings is 1. The van der Waals surface area contributed by atoms with Crippen molar-refractivity contribution in [1.29, 1.82) is 0 Å². The second-order valence-corrected chi connectivity index (χ2v) is 24.0. The molecule has 0 spiro atoms. The van der Waals surface area contributed by atoms with Crippen molar-refractivity contribution in [1.82, 2.24) is 34.8 Å². The molecule has 2 fully saturated rings. The van der Waals surface area contributed by atoms with Gasteiger partial charge in [-0.05, 0) is 88.1 Å². The normalized spacial score (nSPS) is 19.3. The van der Waals surface area contributed by atoms with Crippen molar-refractivity contribution < 1.29 is 70.3 Å². The van der Waals surface area contributed by atoms with Gasteiger partial charge in [-0.25, -0.2) is 30.4 Å². The van der Waals surface area contributed by atoms with E-state index in [1.807, 2.05) is 0 Å². The second-order valence-electron chi connectivity index (χ2n) is 19.2. The van der Waals surface area contributed by atoms with Crippen LogP contribution in [0, 0.1) is 17.6 Å². The van der Waals surface area contributed by atoms with Crippen LogP contribution in [0.3, 0.4) is 0 Å². The standard InChI is InChI=1S/C45H46ClF10N9O6S2/c1-42(2,72(3,68)69)12-11-25-7-8-27(28-9-10-31(46)35-37(28)64(21-43(49,50)51)61-40(35)65(73(4,70)71)41(67)62-13-5-6-26(62)19-57)36(58-25)32(16-22-14-23(47)17-24(48)15-22)59-33(66)20-63-39-34(38(60-63)45(54,55)56)29-18-30(29)44(39,52)53/h7-10,14-15,17,26,29-30,32H,5-6,11-13,16,18-21,57H2,1-4H3,(H,59,66)/t26-,29-,30?,32-/m0/s1. The highest BCUT2D eigenvalue weighted by atomic mass is 35.5. The van der Waals surface area contributed by atoms with Crippen LogP contribution < -0.4 is 15.4 Å². The van der Waals surface area contributed by atoms with E-state index < -0.39 is 149 Å². The number of rotatable bonds is 15. The van der Waals surface area contributed by atoms with E-state index in [4.69, 9.17) is 22.3 Å². The van der Waals surface area contributed by atoms with Gasteiger partial charge in [-0.2, -0.15) is 49.6 Å². The van der Waals surface area contributed by atoms with Crippen LogP contribution in [-0.4, -0.2) is 101 Å². The first-order chi connectivity index (χ1) is 33.7. The number of nitrogens with zero attached hydrogens (tertiary/aromatic N) is 7. The predicted molar refractivity (Wildman–Crippen MR) is 246 cm³/mol. The van der Waals surface area contributed by atoms with Gasteiger partial charge in [0.1, 0.15) is 30.4 Å². The maximum absolute atomic E-state index is 15.6. The number of carbonyl (C=O) groups is 2. The first-order valence-corrected chi connectivity index (χ1v) is 26.6. The number of sulfonamides is 1. The third-order valence-electron chi connectivity index (χ3n) is 13.5. The maximum atomic E-state index is 15.6. The summed E-state index contributed by atoms with van der Waals surface area (Å²) in [5.41, 5.74) is 0.865. The lowest BCUT2D eigenvalue weighted by Gasteiger charge is -2.29. The number of aryl methyl sites for hydroxylation is 1. The molecule has 1 unspecified atom stereocenters. The van der Waals surface area contributed by atoms with Gasteiger partial charge in [0, 0.05) is 59.8 Å². The Bertz CT molecular complexity index is 3250. The smallest absolute Gasteiger partial charge is 0.346 e. The summed E-state index contributed by atoms with van der Waals surface area (Å²) in [7, 11) is -8.48. The van der Waals surface area contributed by atoms with Crippen molar-refractivity contribution in [3.8, 4) is 11.1 Å². The van der Waals surface area contributed by atoms with Gasteiger partial charge in [0.2, 0.25) is 15.9 Å². The van der Waals surface area contributed by atoms with E-state index in [2.05, 4.69) is 15.5 Å². The summed E-state index contributed by atoms with van der Waals surface area (Å²) in [5, 5.41) is 9.04. The van der Waals surface area contributed by atoms with Crippen molar-refractivity contribution >= 4 is 60.1 Å². The fourth-order valence-electron chi connectivity index (χ4n) is 9.66. The molecule has 1 aliphatic heterocycles. The number of alkyl halides is 8. The quantitative estimate of drug-likeness (QED) is 0.0966. The molecule has 2 aliphatic carbocycles. The molecule has 4 atom stereocenters. The number of anilines is 1. The van der Waals surface area contributed by atoms with Crippen LogP contribution in [0.25, 0.3) is 22.0 Å². The fourth-order valence-corrected chi connectivity index (χ4v) is 11.2. The molecule has 15 nitrogen and oxygen atoms in total. The Morgan fingerprint density at radius 3 is 2.22 bits per heavy atom. The van der Waals surface area contributed by atoms with E-state index in [0.717, 1.165) is 29.4 Å². The largest absolute Gasteiger partial charge is 0.435 e. The molecule has 73 heavy (non-hydrogen) atoms. The number of halogens is 11. The molecule has 3 amide bonds. The Kier molecular flexibility index (Phi) is 13.8. The Morgan fingerprint density at radius 2 is 1.62 bits per heavy atom. The van der Waals surface area contributed by atoms with Crippen molar-refractivity contribution in [2.24, 2.45) is 11.7 Å². The van der Waals surface area contributed by atoms with Crippen LogP contribution in [-0.2, 0) is 62.7 Å². The van der Waals surface area contributed by atoms with Crippen LogP contribution in [0.4, 0.5) is 54.5 Å². The first kappa shape index (κ1) is 53.7. The summed E-state index contributed by atoms with van der Waals surface area (Å²) >= 11 is 6.73. The first-order valence-electron chi connectivity index (χ1n) is 22.5. The molecule has 5 aromatic rings. The summed E-state index contributed by atoms with van der Waals surface area (Å²) in [5.74, 6) is -10.8. The van der Waals surface area contributed by atoms with Crippen molar-refractivity contribution in [2.75, 3.05) is 29.9 Å². The molecule has 0 radical (unpaired) electrons. The number of benzene rings is 2. The summed E-state index contributed by atoms with van der Waals surface area (Å²) < 4.78 is 200. The van der Waals surface area contributed by atoms with E-state index in [0.29, 0.717) is 29.8 Å². The van der Waals surface area contributed by atoms with Gasteiger partial charge in [-0.15, -0.1) is 0 Å². The Balaban J connectivity index is 1.34. The molecule has 1 saturated heterocycles. The molecule has 0 bridgehead atoms. The van der Waals surface area contributed by atoms with Gasteiger partial charge in [0.15, 0.2) is 21.3 Å². The number of sulfone groups is 1. The molecule has 2 aromatic carbocycles. The summed E-state index contributed by atoms with van der Waals surface area (Å²) in [6, 6.07) is 3.56. The third-order valence-corrected chi connectivity index (χ3v) is 17.0. The Labute approximate surface area is 416 Å². The number of nitrogens with one attached hydrogen (secondary N) is 1. The molecule has 8 rings (SSSR count). The summed E-state index contributed by atoms with van der Waals surface area (Å²) in [4.78, 5) is 34.3. The molecule has 3 aliphatic rings. The van der Waals surface area contributed by atoms with Crippen LogP contribution in [0.5, 0.6) is 0 Å². The van der Waals surface area contributed by atoms with Gasteiger partial charge in [-0.3, -0.25) is 19.1 Å². The number of amides is 3. The zero-order valence-electron chi connectivity index (χ0n) is 39.1. The van der Waals surface area contributed by atoms with Crippen LogP contribution >= 0.6 is 11.6 Å². The van der Waals surface area contributed by atoms with E-state index >= 15 is 8.78 Å². The maximum Gasteiger partial charge on any atom is 0.435 e. The van der Waals surface area contributed by atoms with Gasteiger partial charge >= 0.3 is 18.4 Å². The van der Waals surface area contributed by atoms with E-state index in [1.54, 1.807) is 0 Å². The number of carbonyl (C=O) groups excluding carboxylic acids is 2. The lowest BCUT2D eigenvalue weighted by atomic mass is 9.93. The topological polar surface area (TPSA) is 195 Å². The Hall–Kier alpha value is -5.54. The highest BCUT2D eigenvalue weighted by molar-refractivity contribution is 7.93. The lowest BCUT2D eigenvalue weighted by molar-refractivity contribution is -0.143. The number of hydrogen-bond donors (Lipinski definition) is 2. The van der Waals surface area contributed by atoms with E-state index in [1.165, 1.54) is 32.0 Å². The van der Waals surface area contributed by atoms with Gasteiger partial charge < -0.3 is 16.0 Å². The molecule has 1 saturated carbocycles. The van der Waals surface area contributed by atoms with Gasteiger partial charge in [0.05, 0.1) is 38.7 Å². The molecule has 3 N–H and O–H groups in total. The molecule has 28 heteroatoms. The lowest BCUT2D eigenvalue weighted by Crippen LogP contribution is -2.50. The Morgan fingerprint density at radius 1 is 0.959 bits per heavy atom. The number of aromatic nitrogens is 5. The number of likely N-dealkylation sites (tertiary alicyclic amines) is 1. The van der Waals surface area contributed by atoms with Crippen molar-refractivity contribution in [3.63, 3.8) is 0 Å². The summed E-state index contributed by atoms with van der Waals surface area (Å²) in [6.45, 7) is -0.423. The van der Waals surface area contributed by atoms with Crippen LogP contribution in [0.1, 0.15) is 85.4 Å². The molecular weight excluding hydrogens is 1050 g/mol.